The van der Waals surface area contributed by atoms with E-state index in [0.29, 0.717) is 0 Å². The summed E-state index contributed by atoms with van der Waals surface area (Å²) in [6.45, 7) is 13.0. The third-order valence-corrected chi connectivity index (χ3v) is 4.51. The molecule has 0 aromatic rings. The molecule has 1 N–H and O–H groups in total. The Morgan fingerprint density at radius 3 is 2.19 bits per heavy atom. The van der Waals surface area contributed by atoms with Gasteiger partial charge < -0.3 is 5.32 Å². The van der Waals surface area contributed by atoms with Crippen LogP contribution in [0.15, 0.2) is 0 Å². The van der Waals surface area contributed by atoms with E-state index in [-0.39, 0.29) is 0 Å². The Kier molecular flexibility index (Phi) is 5.82. The van der Waals surface area contributed by atoms with Gasteiger partial charge in [0.05, 0.1) is 0 Å². The van der Waals surface area contributed by atoms with Crippen LogP contribution in [0.1, 0.15) is 60.3 Å². The fourth-order valence-corrected chi connectivity index (χ4v) is 3.32. The van der Waals surface area contributed by atoms with E-state index in [2.05, 4.69) is 39.9 Å². The molecular formula is C15H31N. The van der Waals surface area contributed by atoms with Gasteiger partial charge in [0.15, 0.2) is 0 Å². The first-order chi connectivity index (χ1) is 7.56. The molecule has 0 spiro atoms. The Morgan fingerprint density at radius 1 is 1.06 bits per heavy atom. The summed E-state index contributed by atoms with van der Waals surface area (Å²) in [6, 6.07) is 0.810. The van der Waals surface area contributed by atoms with Gasteiger partial charge in [0.2, 0.25) is 0 Å². The molecule has 1 saturated carbocycles. The number of hydrogen-bond donors (Lipinski definition) is 1. The molecule has 0 heterocycles. The summed E-state index contributed by atoms with van der Waals surface area (Å²) in [7, 11) is 0. The van der Waals surface area contributed by atoms with Gasteiger partial charge in [0.25, 0.3) is 0 Å². The summed E-state index contributed by atoms with van der Waals surface area (Å²) in [6.07, 6.45) is 5.64. The van der Waals surface area contributed by atoms with E-state index < -0.39 is 0 Å². The normalized spacial score (nSPS) is 26.2. The molecule has 0 saturated heterocycles. The van der Waals surface area contributed by atoms with Crippen molar-refractivity contribution >= 4 is 0 Å². The minimum absolute atomic E-state index is 0.800. The third kappa shape index (κ3) is 3.76. The molecule has 0 aromatic carbocycles. The highest BCUT2D eigenvalue weighted by Crippen LogP contribution is 2.29. The zero-order valence-corrected chi connectivity index (χ0v) is 11.9. The molecule has 1 rings (SSSR count). The quantitative estimate of drug-likeness (QED) is 0.718. The van der Waals surface area contributed by atoms with E-state index in [1.165, 1.54) is 32.2 Å². The lowest BCUT2D eigenvalue weighted by Gasteiger charge is -2.28. The smallest absolute Gasteiger partial charge is 0.00953 e. The second-order valence-electron chi connectivity index (χ2n) is 6.27. The zero-order chi connectivity index (χ0) is 12.1. The predicted molar refractivity (Wildman–Crippen MR) is 72.6 cm³/mol. The molecule has 1 fully saturated rings. The maximum absolute atomic E-state index is 3.85. The highest BCUT2D eigenvalue weighted by Gasteiger charge is 2.26. The molecular weight excluding hydrogens is 194 g/mol. The maximum atomic E-state index is 3.85. The predicted octanol–water partition coefficient (Wildman–Crippen LogP) is 4.08. The van der Waals surface area contributed by atoms with E-state index in [0.717, 1.165) is 29.7 Å². The van der Waals surface area contributed by atoms with Gasteiger partial charge in [0.1, 0.15) is 0 Å². The molecule has 1 nitrogen and oxygen atoms in total. The average molecular weight is 225 g/mol. The van der Waals surface area contributed by atoms with Crippen molar-refractivity contribution in [3.05, 3.63) is 0 Å². The zero-order valence-electron chi connectivity index (χ0n) is 11.9. The van der Waals surface area contributed by atoms with Gasteiger partial charge in [-0.15, -0.1) is 0 Å². The van der Waals surface area contributed by atoms with Crippen molar-refractivity contribution in [2.45, 2.75) is 66.3 Å². The summed E-state index contributed by atoms with van der Waals surface area (Å²) in [5.74, 6) is 3.38. The van der Waals surface area contributed by atoms with Gasteiger partial charge in [-0.25, -0.2) is 0 Å². The number of nitrogens with one attached hydrogen (secondary N) is 1. The van der Waals surface area contributed by atoms with E-state index in [1.807, 2.05) is 0 Å². The van der Waals surface area contributed by atoms with E-state index in [4.69, 9.17) is 0 Å². The molecule has 2 unspecified atom stereocenters. The second-order valence-corrected chi connectivity index (χ2v) is 6.27. The summed E-state index contributed by atoms with van der Waals surface area (Å²) in [4.78, 5) is 0. The molecule has 96 valence electrons. The van der Waals surface area contributed by atoms with Crippen LogP contribution in [0.3, 0.4) is 0 Å². The van der Waals surface area contributed by atoms with Crippen LogP contribution in [0, 0.1) is 23.7 Å². The lowest BCUT2D eigenvalue weighted by molar-refractivity contribution is 0.253. The SMILES string of the molecule is CCC1CCCC1NCC(C(C)C)C(C)C. The Bertz CT molecular complexity index is 178. The van der Waals surface area contributed by atoms with Gasteiger partial charge in [-0.05, 0) is 43.1 Å². The van der Waals surface area contributed by atoms with Crippen LogP contribution in [0.4, 0.5) is 0 Å². The largest absolute Gasteiger partial charge is 0.313 e. The van der Waals surface area contributed by atoms with Gasteiger partial charge in [-0.3, -0.25) is 0 Å². The second kappa shape index (κ2) is 6.64. The van der Waals surface area contributed by atoms with Crippen LogP contribution in [0.2, 0.25) is 0 Å². The van der Waals surface area contributed by atoms with Crippen molar-refractivity contribution in [3.8, 4) is 0 Å². The molecule has 0 bridgehead atoms. The fraction of sp³-hybridized carbons (Fsp3) is 1.00. The van der Waals surface area contributed by atoms with Crippen LogP contribution < -0.4 is 5.32 Å². The molecule has 0 amide bonds. The van der Waals surface area contributed by atoms with Crippen molar-refractivity contribution in [1.82, 2.24) is 5.32 Å². The molecule has 1 aliphatic carbocycles. The van der Waals surface area contributed by atoms with E-state index >= 15 is 0 Å². The van der Waals surface area contributed by atoms with E-state index in [9.17, 15) is 0 Å². The fourth-order valence-electron chi connectivity index (χ4n) is 3.32. The van der Waals surface area contributed by atoms with Gasteiger partial charge in [-0.2, -0.15) is 0 Å². The topological polar surface area (TPSA) is 12.0 Å². The van der Waals surface area contributed by atoms with Crippen molar-refractivity contribution in [2.75, 3.05) is 6.54 Å². The van der Waals surface area contributed by atoms with Crippen molar-refractivity contribution in [2.24, 2.45) is 23.7 Å². The van der Waals surface area contributed by atoms with Gasteiger partial charge >= 0.3 is 0 Å². The standard InChI is InChI=1S/C15H31N/c1-6-13-8-7-9-15(13)16-10-14(11(2)3)12(4)5/h11-16H,6-10H2,1-5H3. The summed E-state index contributed by atoms with van der Waals surface area (Å²) in [5.41, 5.74) is 0. The van der Waals surface area contributed by atoms with Gasteiger partial charge in [-0.1, -0.05) is 47.5 Å². The number of hydrogen-bond acceptors (Lipinski definition) is 1. The Balaban J connectivity index is 2.36. The van der Waals surface area contributed by atoms with Crippen LogP contribution in [0.5, 0.6) is 0 Å². The molecule has 0 aromatic heterocycles. The van der Waals surface area contributed by atoms with Crippen LogP contribution >= 0.6 is 0 Å². The van der Waals surface area contributed by atoms with Crippen molar-refractivity contribution in [3.63, 3.8) is 0 Å². The lowest BCUT2D eigenvalue weighted by atomic mass is 9.85. The Morgan fingerprint density at radius 2 is 1.69 bits per heavy atom. The summed E-state index contributed by atoms with van der Waals surface area (Å²) >= 11 is 0. The summed E-state index contributed by atoms with van der Waals surface area (Å²) in [5, 5.41) is 3.85. The molecule has 2 atom stereocenters. The first-order valence-electron chi connectivity index (χ1n) is 7.29. The lowest BCUT2D eigenvalue weighted by Crippen LogP contribution is -2.38. The highest BCUT2D eigenvalue weighted by molar-refractivity contribution is 4.83. The van der Waals surface area contributed by atoms with Crippen LogP contribution in [-0.4, -0.2) is 12.6 Å². The maximum Gasteiger partial charge on any atom is 0.00953 e. The Hall–Kier alpha value is -0.0400. The molecule has 1 aliphatic rings. The number of rotatable bonds is 6. The third-order valence-electron chi connectivity index (χ3n) is 4.51. The average Bonchev–Trinajstić information content (AvgIpc) is 2.64. The monoisotopic (exact) mass is 225 g/mol. The Labute approximate surface area is 102 Å². The highest BCUT2D eigenvalue weighted by atomic mass is 14.9. The molecule has 0 radical (unpaired) electrons. The molecule has 16 heavy (non-hydrogen) atoms. The minimum Gasteiger partial charge on any atom is -0.313 e. The summed E-state index contributed by atoms with van der Waals surface area (Å²) < 4.78 is 0. The first-order valence-corrected chi connectivity index (χ1v) is 7.29. The van der Waals surface area contributed by atoms with E-state index in [1.54, 1.807) is 0 Å². The van der Waals surface area contributed by atoms with Crippen LogP contribution in [-0.2, 0) is 0 Å². The van der Waals surface area contributed by atoms with Crippen LogP contribution in [0.25, 0.3) is 0 Å². The minimum atomic E-state index is 0.800. The van der Waals surface area contributed by atoms with Crippen molar-refractivity contribution < 1.29 is 0 Å². The van der Waals surface area contributed by atoms with Gasteiger partial charge in [0, 0.05) is 6.04 Å². The molecule has 1 heteroatoms. The molecule has 0 aliphatic heterocycles. The first kappa shape index (κ1) is 14.0. The van der Waals surface area contributed by atoms with Crippen molar-refractivity contribution in [1.29, 1.82) is 0 Å².